The summed E-state index contributed by atoms with van der Waals surface area (Å²) in [5.74, 6) is -1.44. The van der Waals surface area contributed by atoms with Crippen LogP contribution in [0.5, 0.6) is 0 Å². The van der Waals surface area contributed by atoms with Crippen molar-refractivity contribution in [1.29, 1.82) is 0 Å². The molecule has 32 heavy (non-hydrogen) atoms. The number of fused-ring (bicyclic) bond motifs is 1. The number of hydrogen-bond acceptors (Lipinski definition) is 5. The zero-order valence-electron chi connectivity index (χ0n) is 16.0. The van der Waals surface area contributed by atoms with E-state index in [-0.39, 0.29) is 39.0 Å². The van der Waals surface area contributed by atoms with Gasteiger partial charge in [0.25, 0.3) is 5.91 Å². The number of aromatic nitrogens is 6. The van der Waals surface area contributed by atoms with Gasteiger partial charge >= 0.3 is 6.18 Å². The first-order valence-corrected chi connectivity index (χ1v) is 9.98. The molecule has 0 unspecified atom stereocenters. The second-order valence-corrected chi connectivity index (χ2v) is 7.83. The lowest BCUT2D eigenvalue weighted by Crippen LogP contribution is -2.16. The van der Waals surface area contributed by atoms with Crippen molar-refractivity contribution in [3.8, 4) is 0 Å². The molecule has 0 aliphatic rings. The molecular formula is C18H11BrClF4N7O. The third-order valence-electron chi connectivity index (χ3n) is 4.28. The quantitative estimate of drug-likeness (QED) is 0.391. The van der Waals surface area contributed by atoms with Crippen LogP contribution >= 0.6 is 27.5 Å². The van der Waals surface area contributed by atoms with Crippen LogP contribution in [0.1, 0.15) is 27.4 Å². The average molecular weight is 533 g/mol. The highest BCUT2D eigenvalue weighted by molar-refractivity contribution is 9.10. The molecule has 0 saturated heterocycles. The van der Waals surface area contributed by atoms with Crippen LogP contribution in [0.4, 0.5) is 23.5 Å². The number of halogens is 6. The summed E-state index contributed by atoms with van der Waals surface area (Å²) in [6, 6.07) is 4.71. The van der Waals surface area contributed by atoms with Gasteiger partial charge in [-0.15, -0.1) is 5.10 Å². The fourth-order valence-electron chi connectivity index (χ4n) is 2.87. The Hall–Kier alpha value is -3.06. The molecule has 1 aromatic carbocycles. The fourth-order valence-corrected chi connectivity index (χ4v) is 3.62. The number of carbonyl (C=O) groups is 1. The predicted octanol–water partition coefficient (Wildman–Crippen LogP) is 4.50. The van der Waals surface area contributed by atoms with Crippen molar-refractivity contribution >= 4 is 45.0 Å². The summed E-state index contributed by atoms with van der Waals surface area (Å²) < 4.78 is 55.1. The summed E-state index contributed by atoms with van der Waals surface area (Å²) in [7, 11) is 0. The predicted molar refractivity (Wildman–Crippen MR) is 109 cm³/mol. The molecule has 3 heterocycles. The van der Waals surface area contributed by atoms with Crippen molar-refractivity contribution < 1.29 is 22.4 Å². The van der Waals surface area contributed by atoms with E-state index in [2.05, 4.69) is 41.4 Å². The first kappa shape index (κ1) is 22.1. The topological polar surface area (TPSA) is 90.0 Å². The Bertz CT molecular complexity index is 1350. The minimum atomic E-state index is -4.70. The molecule has 0 atom stereocenters. The number of hydrogen-bond donors (Lipinski definition) is 1. The second kappa shape index (κ2) is 8.13. The monoisotopic (exact) mass is 531 g/mol. The van der Waals surface area contributed by atoms with Crippen LogP contribution in [0.25, 0.3) is 5.65 Å². The lowest BCUT2D eigenvalue weighted by molar-refractivity contribution is -0.142. The van der Waals surface area contributed by atoms with Crippen molar-refractivity contribution in [3.05, 3.63) is 68.6 Å². The highest BCUT2D eigenvalue weighted by Gasteiger charge is 2.36. The van der Waals surface area contributed by atoms with Gasteiger partial charge < -0.3 is 0 Å². The first-order valence-electron chi connectivity index (χ1n) is 8.80. The molecule has 0 bridgehead atoms. The fraction of sp³-hybridized carbons (Fsp3) is 0.167. The van der Waals surface area contributed by atoms with Gasteiger partial charge in [0.2, 0.25) is 5.95 Å². The highest BCUT2D eigenvalue weighted by Crippen LogP contribution is 2.32. The molecule has 3 aromatic heterocycles. The van der Waals surface area contributed by atoms with E-state index in [0.717, 1.165) is 12.1 Å². The maximum Gasteiger partial charge on any atom is 0.433 e. The smallest absolute Gasteiger partial charge is 0.288 e. The largest absolute Gasteiger partial charge is 0.433 e. The maximum atomic E-state index is 13.4. The van der Waals surface area contributed by atoms with Gasteiger partial charge in [0.05, 0.1) is 11.0 Å². The number of alkyl halides is 3. The summed E-state index contributed by atoms with van der Waals surface area (Å²) in [6.45, 7) is 1.55. The molecule has 1 amide bonds. The highest BCUT2D eigenvalue weighted by atomic mass is 79.9. The van der Waals surface area contributed by atoms with E-state index in [9.17, 15) is 22.4 Å². The Kier molecular flexibility index (Phi) is 5.63. The summed E-state index contributed by atoms with van der Waals surface area (Å²) in [4.78, 5) is 20.6. The molecule has 0 aliphatic carbocycles. The van der Waals surface area contributed by atoms with Crippen molar-refractivity contribution in [2.75, 3.05) is 5.32 Å². The molecule has 4 aromatic rings. The van der Waals surface area contributed by atoms with Crippen LogP contribution in [0.3, 0.4) is 0 Å². The van der Waals surface area contributed by atoms with Gasteiger partial charge in [0, 0.05) is 10.7 Å². The van der Waals surface area contributed by atoms with Crippen LogP contribution in [0.15, 0.2) is 35.1 Å². The molecular weight excluding hydrogens is 522 g/mol. The Morgan fingerprint density at radius 3 is 2.69 bits per heavy atom. The molecule has 0 spiro atoms. The zero-order chi connectivity index (χ0) is 23.2. The van der Waals surface area contributed by atoms with Crippen LogP contribution < -0.4 is 5.32 Å². The molecule has 0 saturated carbocycles. The lowest BCUT2D eigenvalue weighted by atomic mass is 10.2. The lowest BCUT2D eigenvalue weighted by Gasteiger charge is -2.09. The molecule has 0 aliphatic heterocycles. The number of aryl methyl sites for hydroxylation is 1. The molecule has 0 fully saturated rings. The molecule has 166 valence electrons. The van der Waals surface area contributed by atoms with Gasteiger partial charge in [0.15, 0.2) is 11.3 Å². The third-order valence-corrected chi connectivity index (χ3v) is 5.36. The number of carbonyl (C=O) groups excluding carboxylic acids is 1. The van der Waals surface area contributed by atoms with Gasteiger partial charge in [0.1, 0.15) is 17.8 Å². The minimum Gasteiger partial charge on any atom is -0.288 e. The van der Waals surface area contributed by atoms with Crippen molar-refractivity contribution in [2.45, 2.75) is 19.6 Å². The minimum absolute atomic E-state index is 0.0123. The Morgan fingerprint density at radius 1 is 1.25 bits per heavy atom. The van der Waals surface area contributed by atoms with Gasteiger partial charge in [-0.25, -0.2) is 23.6 Å². The number of amides is 1. The van der Waals surface area contributed by atoms with Crippen molar-refractivity contribution in [1.82, 2.24) is 29.4 Å². The summed E-state index contributed by atoms with van der Waals surface area (Å²) >= 11 is 9.09. The standard InChI is InChI=1S/C18H11BrClF4N7O/c1-8-4-12(18(22,23)24)31-15(26-8)13(19)14(28-31)16(32)27-17-25-7-30(29-17)6-9-2-3-10(21)5-11(9)20/h2-5,7H,6H2,1H3,(H,27,29,32). The second-order valence-electron chi connectivity index (χ2n) is 6.63. The third kappa shape index (κ3) is 4.30. The van der Waals surface area contributed by atoms with Crippen molar-refractivity contribution in [2.24, 2.45) is 0 Å². The molecule has 4 rings (SSSR count). The molecule has 1 N–H and O–H groups in total. The van der Waals surface area contributed by atoms with Crippen molar-refractivity contribution in [3.63, 3.8) is 0 Å². The Morgan fingerprint density at radius 2 is 2.00 bits per heavy atom. The van der Waals surface area contributed by atoms with E-state index < -0.39 is 23.6 Å². The maximum absolute atomic E-state index is 13.4. The van der Waals surface area contributed by atoms with Gasteiger partial charge in [-0.05, 0) is 46.6 Å². The molecule has 8 nitrogen and oxygen atoms in total. The summed E-state index contributed by atoms with van der Waals surface area (Å²) in [5, 5.41) is 10.4. The van der Waals surface area contributed by atoms with E-state index in [1.165, 1.54) is 30.1 Å². The number of nitrogens with one attached hydrogen (secondary N) is 1. The first-order chi connectivity index (χ1) is 15.0. The summed E-state index contributed by atoms with van der Waals surface area (Å²) in [5.41, 5.74) is -0.880. The van der Waals surface area contributed by atoms with Gasteiger partial charge in [-0.3, -0.25) is 10.1 Å². The molecule has 0 radical (unpaired) electrons. The number of rotatable bonds is 4. The van der Waals surface area contributed by atoms with Gasteiger partial charge in [-0.1, -0.05) is 17.7 Å². The van der Waals surface area contributed by atoms with E-state index >= 15 is 0 Å². The van der Waals surface area contributed by atoms with Gasteiger partial charge in [-0.2, -0.15) is 18.3 Å². The van der Waals surface area contributed by atoms with E-state index in [4.69, 9.17) is 11.6 Å². The SMILES string of the molecule is Cc1cc(C(F)(F)F)n2nc(C(=O)Nc3ncn(Cc4ccc(F)cc4Cl)n3)c(Br)c2n1. The Labute approximate surface area is 190 Å². The van der Waals surface area contributed by atoms with Crippen LogP contribution in [-0.4, -0.2) is 35.3 Å². The molecule has 14 heteroatoms. The average Bonchev–Trinajstić information content (AvgIpc) is 3.27. The van der Waals surface area contributed by atoms with Crippen LogP contribution in [0.2, 0.25) is 5.02 Å². The van der Waals surface area contributed by atoms with E-state index in [1.54, 1.807) is 0 Å². The van der Waals surface area contributed by atoms with E-state index in [0.29, 0.717) is 10.1 Å². The normalized spacial score (nSPS) is 11.8. The van der Waals surface area contributed by atoms with E-state index in [1.807, 2.05) is 0 Å². The summed E-state index contributed by atoms with van der Waals surface area (Å²) in [6.07, 6.45) is -3.40. The number of anilines is 1. The number of benzene rings is 1. The zero-order valence-corrected chi connectivity index (χ0v) is 18.3. The van der Waals surface area contributed by atoms with Crippen LogP contribution in [0, 0.1) is 12.7 Å². The van der Waals surface area contributed by atoms with Crippen LogP contribution in [-0.2, 0) is 12.7 Å². The number of nitrogens with zero attached hydrogens (tertiary/aromatic N) is 6. The Balaban J connectivity index is 1.59.